The van der Waals surface area contributed by atoms with Gasteiger partial charge in [0.1, 0.15) is 0 Å². The van der Waals surface area contributed by atoms with Gasteiger partial charge in [-0.2, -0.15) is 0 Å². The van der Waals surface area contributed by atoms with Crippen LogP contribution in [0, 0.1) is 0 Å². The van der Waals surface area contributed by atoms with Crippen molar-refractivity contribution in [3.05, 3.63) is 0 Å². The van der Waals surface area contributed by atoms with E-state index < -0.39 is 0 Å². The van der Waals surface area contributed by atoms with E-state index >= 15 is 0 Å². The first kappa shape index (κ1) is 36.3. The van der Waals surface area contributed by atoms with E-state index in [1.165, 1.54) is 72.9 Å². The normalized spacial score (nSPS) is 12.4. The van der Waals surface area contributed by atoms with E-state index in [1.807, 2.05) is 43.2 Å². The average molecular weight is 597 g/mol. The van der Waals surface area contributed by atoms with Gasteiger partial charge in [0.05, 0.1) is 0 Å². The molecule has 12 heteroatoms. The molecule has 0 aliphatic heterocycles. The van der Waals surface area contributed by atoms with Crippen LogP contribution in [0.4, 0.5) is 0 Å². The number of hydrogen-bond donors (Lipinski definition) is 0. The van der Waals surface area contributed by atoms with Crippen molar-refractivity contribution >= 4 is 82.2 Å². The van der Waals surface area contributed by atoms with E-state index in [2.05, 4.69) is 27.7 Å². The summed E-state index contributed by atoms with van der Waals surface area (Å²) in [5, 5.41) is 0. The highest BCUT2D eigenvalue weighted by Crippen LogP contribution is 2.24. The van der Waals surface area contributed by atoms with Crippen molar-refractivity contribution in [2.24, 2.45) is 0 Å². The molecule has 0 heterocycles. The monoisotopic (exact) mass is 596 g/mol. The summed E-state index contributed by atoms with van der Waals surface area (Å²) in [6, 6.07) is 5.38. The zero-order valence-corrected chi connectivity index (χ0v) is 30.3. The van der Waals surface area contributed by atoms with Gasteiger partial charge in [0.25, 0.3) is 0 Å². The maximum Gasteiger partial charge on any atom is 0.161 e. The summed E-state index contributed by atoms with van der Waals surface area (Å²) < 4.78 is 21.7. The van der Waals surface area contributed by atoms with Gasteiger partial charge in [-0.25, -0.2) is 0 Å². The third kappa shape index (κ3) is 39.3. The van der Waals surface area contributed by atoms with Crippen LogP contribution in [0.2, 0.25) is 24.2 Å². The topological polar surface area (TPSA) is 36.9 Å². The molecule has 0 spiro atoms. The molecule has 0 aliphatic carbocycles. The molecule has 0 aromatic carbocycles. The molecule has 196 valence electrons. The molecule has 0 rings (SSSR count). The Morgan fingerprint density at radius 1 is 0.406 bits per heavy atom. The van der Waals surface area contributed by atoms with Gasteiger partial charge in [0.2, 0.25) is 0 Å². The van der Waals surface area contributed by atoms with Crippen LogP contribution in [0.1, 0.15) is 53.4 Å². The van der Waals surface area contributed by atoms with Crippen LogP contribution in [0.15, 0.2) is 0 Å². The predicted molar refractivity (Wildman–Crippen MR) is 168 cm³/mol. The maximum atomic E-state index is 5.43. The molecule has 0 saturated heterocycles. The van der Waals surface area contributed by atoms with Gasteiger partial charge in [-0.1, -0.05) is 43.2 Å². The van der Waals surface area contributed by atoms with Crippen LogP contribution in [0.3, 0.4) is 0 Å². The van der Waals surface area contributed by atoms with E-state index in [0.29, 0.717) is 0 Å². The molecule has 0 unspecified atom stereocenters. The summed E-state index contributed by atoms with van der Waals surface area (Å²) in [6.45, 7) is 12.0. The molecule has 32 heavy (non-hydrogen) atoms. The third-order valence-corrected chi connectivity index (χ3v) is 15.1. The van der Waals surface area contributed by atoms with Crippen molar-refractivity contribution < 1.29 is 17.7 Å². The molecule has 4 nitrogen and oxygen atoms in total. The molecule has 0 aliphatic rings. The van der Waals surface area contributed by atoms with E-state index in [4.69, 9.17) is 17.7 Å². The molecule has 0 amide bonds. The Labute approximate surface area is 225 Å². The fourth-order valence-corrected chi connectivity index (χ4v) is 12.1. The molecule has 0 atom stereocenters. The van der Waals surface area contributed by atoms with Gasteiger partial charge in [0.15, 0.2) is 39.1 Å². The van der Waals surface area contributed by atoms with Crippen molar-refractivity contribution in [1.29, 1.82) is 0 Å². The highest BCUT2D eigenvalue weighted by molar-refractivity contribution is 8.77. The van der Waals surface area contributed by atoms with E-state index in [0.717, 1.165) is 26.4 Å². The summed E-state index contributed by atoms with van der Waals surface area (Å²) in [7, 11) is 7.43. The molecule has 0 radical (unpaired) electrons. The van der Waals surface area contributed by atoms with Gasteiger partial charge in [0, 0.05) is 49.4 Å². The van der Waals surface area contributed by atoms with Crippen LogP contribution in [0.5, 0.6) is 0 Å². The van der Waals surface area contributed by atoms with Crippen molar-refractivity contribution in [3.63, 3.8) is 0 Å². The van der Waals surface area contributed by atoms with Gasteiger partial charge in [-0.3, -0.25) is 0 Å². The lowest BCUT2D eigenvalue weighted by atomic mass is 10.6. The lowest BCUT2D eigenvalue weighted by Crippen LogP contribution is -1.98. The summed E-state index contributed by atoms with van der Waals surface area (Å²) >= 11 is 0. The van der Waals surface area contributed by atoms with Crippen molar-refractivity contribution in [2.45, 2.75) is 77.6 Å². The fourth-order valence-electron chi connectivity index (χ4n) is 2.27. The minimum Gasteiger partial charge on any atom is -0.424 e. The second-order valence-electron chi connectivity index (χ2n) is 6.90. The van der Waals surface area contributed by atoms with E-state index in [1.54, 1.807) is 0 Å². The van der Waals surface area contributed by atoms with Gasteiger partial charge in [-0.05, 0) is 77.6 Å². The molecule has 0 saturated carbocycles. The number of hydrogen-bond acceptors (Lipinski definition) is 8. The Hall–Kier alpha value is 2.11. The minimum atomic E-state index is -0.176. The van der Waals surface area contributed by atoms with Crippen LogP contribution in [0.25, 0.3) is 0 Å². The Balaban J connectivity index is 0. The highest BCUT2D eigenvalue weighted by Gasteiger charge is 1.95. The SMILES string of the molecule is CCO[SiH2]CCCSSCCC[SiH2]OCC.CCO[SiH2]CCCSSCCC[SiH2]OCC. The zero-order chi connectivity index (χ0) is 23.8. The standard InChI is InChI=1S/2C10H26O2S2Si2/c2*1-3-11-15-9-5-7-13-14-8-6-10-16-12-4-2/h2*3-10,15-16H2,1-2H3. The molecule has 0 aromatic heterocycles. The van der Waals surface area contributed by atoms with E-state index in [9.17, 15) is 0 Å². The number of rotatable bonds is 26. The second kappa shape index (κ2) is 37.7. The van der Waals surface area contributed by atoms with Gasteiger partial charge >= 0.3 is 0 Å². The Kier molecular flexibility index (Phi) is 42.7. The predicted octanol–water partition coefficient (Wildman–Crippen LogP) is 4.45. The molecule has 0 fully saturated rings. The summed E-state index contributed by atoms with van der Waals surface area (Å²) in [5.41, 5.74) is 0. The first-order valence-electron chi connectivity index (χ1n) is 12.6. The van der Waals surface area contributed by atoms with E-state index in [-0.39, 0.29) is 39.1 Å². The van der Waals surface area contributed by atoms with Crippen molar-refractivity contribution in [1.82, 2.24) is 0 Å². The maximum absolute atomic E-state index is 5.43. The molecule has 0 N–H and O–H groups in total. The summed E-state index contributed by atoms with van der Waals surface area (Å²) in [5.74, 6) is 5.20. The Morgan fingerprint density at radius 3 is 0.812 bits per heavy atom. The minimum absolute atomic E-state index is 0.176. The first-order valence-corrected chi connectivity index (χ1v) is 23.9. The van der Waals surface area contributed by atoms with Crippen molar-refractivity contribution in [3.8, 4) is 0 Å². The third-order valence-electron chi connectivity index (χ3n) is 4.05. The highest BCUT2D eigenvalue weighted by atomic mass is 33.1. The second-order valence-corrected chi connectivity index (χ2v) is 18.4. The molecule has 0 aromatic rings. The zero-order valence-electron chi connectivity index (χ0n) is 21.4. The lowest BCUT2D eigenvalue weighted by Gasteiger charge is -2.02. The van der Waals surface area contributed by atoms with Crippen LogP contribution >= 0.6 is 43.2 Å². The first-order chi connectivity index (χ1) is 15.8. The van der Waals surface area contributed by atoms with Gasteiger partial charge < -0.3 is 17.7 Å². The largest absolute Gasteiger partial charge is 0.424 e. The Morgan fingerprint density at radius 2 is 0.625 bits per heavy atom. The molecular weight excluding hydrogens is 545 g/mol. The smallest absolute Gasteiger partial charge is 0.161 e. The summed E-state index contributed by atoms with van der Waals surface area (Å²) in [4.78, 5) is 0. The van der Waals surface area contributed by atoms with Crippen molar-refractivity contribution in [2.75, 3.05) is 49.4 Å². The molecule has 0 bridgehead atoms. The van der Waals surface area contributed by atoms with Gasteiger partial charge in [-0.15, -0.1) is 0 Å². The fraction of sp³-hybridized carbons (Fsp3) is 1.00. The lowest BCUT2D eigenvalue weighted by molar-refractivity contribution is 0.359. The van der Waals surface area contributed by atoms with Crippen LogP contribution in [-0.4, -0.2) is 88.5 Å². The molecular formula is C20H52O4S4Si4. The summed E-state index contributed by atoms with van der Waals surface area (Å²) in [6.07, 6.45) is 5.38. The quantitative estimate of drug-likeness (QED) is 0.0824. The van der Waals surface area contributed by atoms with Crippen LogP contribution in [-0.2, 0) is 17.7 Å². The van der Waals surface area contributed by atoms with Crippen LogP contribution < -0.4 is 0 Å². The average Bonchev–Trinajstić information content (AvgIpc) is 2.81. The Bertz CT molecular complexity index is 263.